The van der Waals surface area contributed by atoms with E-state index >= 15 is 0 Å². The molecule has 6 rings (SSSR count). The number of hydrogen-bond acceptors (Lipinski definition) is 8. The first-order valence-corrected chi connectivity index (χ1v) is 13.2. The zero-order valence-electron chi connectivity index (χ0n) is 22.7. The van der Waals surface area contributed by atoms with E-state index in [1.807, 2.05) is 36.2 Å². The summed E-state index contributed by atoms with van der Waals surface area (Å²) in [6.07, 6.45) is 7.18. The van der Waals surface area contributed by atoms with Crippen molar-refractivity contribution in [2.45, 2.75) is 18.8 Å². The molecule has 1 saturated heterocycles. The summed E-state index contributed by atoms with van der Waals surface area (Å²) in [7, 11) is 5.60. The highest BCUT2D eigenvalue weighted by atomic mass is 16.5. The third-order valence-corrected chi connectivity index (χ3v) is 7.40. The number of amides is 1. The predicted molar refractivity (Wildman–Crippen MR) is 152 cm³/mol. The van der Waals surface area contributed by atoms with Crippen molar-refractivity contribution >= 4 is 28.7 Å². The van der Waals surface area contributed by atoms with E-state index < -0.39 is 5.91 Å². The van der Waals surface area contributed by atoms with Crippen molar-refractivity contribution in [2.24, 2.45) is 12.8 Å². The number of fused-ring (bicyclic) bond motifs is 1. The van der Waals surface area contributed by atoms with E-state index in [4.69, 9.17) is 15.6 Å². The first-order chi connectivity index (χ1) is 19.4. The maximum atomic E-state index is 12.9. The van der Waals surface area contributed by atoms with Crippen LogP contribution in [-0.4, -0.2) is 67.4 Å². The maximum absolute atomic E-state index is 12.9. The van der Waals surface area contributed by atoms with Gasteiger partial charge in [-0.3, -0.25) is 14.4 Å². The van der Waals surface area contributed by atoms with Gasteiger partial charge < -0.3 is 15.4 Å². The van der Waals surface area contributed by atoms with Gasteiger partial charge >= 0.3 is 0 Å². The molecule has 0 spiro atoms. The van der Waals surface area contributed by atoms with Gasteiger partial charge in [-0.1, -0.05) is 12.1 Å². The van der Waals surface area contributed by atoms with Crippen LogP contribution in [0.1, 0.15) is 34.7 Å². The summed E-state index contributed by atoms with van der Waals surface area (Å²) in [5.74, 6) is 1.36. The highest BCUT2D eigenvalue weighted by Crippen LogP contribution is 2.41. The van der Waals surface area contributed by atoms with E-state index in [-0.39, 0.29) is 5.56 Å². The average molecular weight is 538 g/mol. The molecule has 11 heteroatoms. The van der Waals surface area contributed by atoms with Gasteiger partial charge in [-0.2, -0.15) is 5.10 Å². The summed E-state index contributed by atoms with van der Waals surface area (Å²) >= 11 is 0. The van der Waals surface area contributed by atoms with Crippen molar-refractivity contribution in [1.82, 2.24) is 34.3 Å². The van der Waals surface area contributed by atoms with Crippen LogP contribution in [0.2, 0.25) is 0 Å². The van der Waals surface area contributed by atoms with Crippen LogP contribution in [0.25, 0.3) is 17.0 Å². The summed E-state index contributed by atoms with van der Waals surface area (Å²) in [5.41, 5.74) is 10.1. The third-order valence-electron chi connectivity index (χ3n) is 7.40. The molecule has 0 radical (unpaired) electrons. The van der Waals surface area contributed by atoms with Gasteiger partial charge in [-0.05, 0) is 74.8 Å². The molecule has 40 heavy (non-hydrogen) atoms. The molecule has 204 valence electrons. The average Bonchev–Trinajstić information content (AvgIpc) is 3.57. The standard InChI is InChI=1S/C29H31N9O2/c1-35-12-8-19(9-13-35)20-6-4-7-22(14-20)38(29-25(26(30)39)28-31-10-5-11-37(28)34-29)23-15-21(16-24(17-23)40-3)27-32-18-36(2)33-27/h4-7,10-11,14-19H,8-9,12-13H2,1-3H3,(H2,30,39). The number of piperidine rings is 1. The molecule has 1 aliphatic rings. The fourth-order valence-corrected chi connectivity index (χ4v) is 5.34. The lowest BCUT2D eigenvalue weighted by Gasteiger charge is -2.30. The number of carbonyl (C=O) groups is 1. The lowest BCUT2D eigenvalue weighted by Crippen LogP contribution is -2.29. The van der Waals surface area contributed by atoms with Crippen LogP contribution in [0.5, 0.6) is 5.75 Å². The van der Waals surface area contributed by atoms with Gasteiger partial charge in [0.2, 0.25) is 0 Å². The fraction of sp³-hybridized carbons (Fsp3) is 0.276. The van der Waals surface area contributed by atoms with Crippen molar-refractivity contribution in [3.05, 3.63) is 78.4 Å². The van der Waals surface area contributed by atoms with Gasteiger partial charge in [0.25, 0.3) is 5.91 Å². The molecule has 0 aliphatic carbocycles. The van der Waals surface area contributed by atoms with Gasteiger partial charge in [0.05, 0.1) is 12.8 Å². The minimum Gasteiger partial charge on any atom is -0.497 e. The lowest BCUT2D eigenvalue weighted by atomic mass is 9.89. The summed E-state index contributed by atoms with van der Waals surface area (Å²) in [4.78, 5) is 26.0. The van der Waals surface area contributed by atoms with Gasteiger partial charge in [-0.15, -0.1) is 5.10 Å². The van der Waals surface area contributed by atoms with Crippen LogP contribution in [0.4, 0.5) is 17.2 Å². The summed E-state index contributed by atoms with van der Waals surface area (Å²) < 4.78 is 8.91. The van der Waals surface area contributed by atoms with Crippen LogP contribution >= 0.6 is 0 Å². The molecular formula is C29H31N9O2. The number of anilines is 3. The number of nitrogens with zero attached hydrogens (tertiary/aromatic N) is 8. The molecule has 1 amide bonds. The van der Waals surface area contributed by atoms with Crippen LogP contribution in [0.15, 0.2) is 67.3 Å². The van der Waals surface area contributed by atoms with Crippen molar-refractivity contribution < 1.29 is 9.53 Å². The topological polar surface area (TPSA) is 120 Å². The summed E-state index contributed by atoms with van der Waals surface area (Å²) in [5, 5.41) is 9.29. The van der Waals surface area contributed by atoms with Gasteiger partial charge in [0.15, 0.2) is 17.3 Å². The van der Waals surface area contributed by atoms with Crippen LogP contribution < -0.4 is 15.4 Å². The molecule has 3 aromatic heterocycles. The molecule has 0 bridgehead atoms. The number of carbonyl (C=O) groups excluding carboxylic acids is 1. The predicted octanol–water partition coefficient (Wildman–Crippen LogP) is 3.91. The van der Waals surface area contributed by atoms with E-state index in [1.165, 1.54) is 5.56 Å². The molecule has 2 aromatic carbocycles. The normalized spacial score (nSPS) is 14.5. The van der Waals surface area contributed by atoms with Crippen LogP contribution in [0.3, 0.4) is 0 Å². The van der Waals surface area contributed by atoms with E-state index in [0.717, 1.165) is 37.2 Å². The molecule has 1 fully saturated rings. The molecule has 0 atom stereocenters. The Morgan fingerprint density at radius 1 is 1.02 bits per heavy atom. The van der Waals surface area contributed by atoms with E-state index in [0.29, 0.717) is 34.6 Å². The number of ether oxygens (including phenoxy) is 1. The number of likely N-dealkylation sites (tertiary alicyclic amines) is 1. The highest BCUT2D eigenvalue weighted by molar-refractivity contribution is 6.05. The van der Waals surface area contributed by atoms with E-state index in [9.17, 15) is 4.79 Å². The van der Waals surface area contributed by atoms with E-state index in [1.54, 1.807) is 41.1 Å². The molecule has 0 unspecified atom stereocenters. The zero-order chi connectivity index (χ0) is 27.8. The van der Waals surface area contributed by atoms with Gasteiger partial charge in [0.1, 0.15) is 17.6 Å². The second-order valence-corrected chi connectivity index (χ2v) is 10.1. The summed E-state index contributed by atoms with van der Waals surface area (Å²) in [6.45, 7) is 2.11. The maximum Gasteiger partial charge on any atom is 0.256 e. The lowest BCUT2D eigenvalue weighted by molar-refractivity contribution is 0.100. The zero-order valence-corrected chi connectivity index (χ0v) is 22.7. The Balaban J connectivity index is 1.57. The Hall–Kier alpha value is -4.77. The van der Waals surface area contributed by atoms with Crippen LogP contribution in [-0.2, 0) is 7.05 Å². The number of aryl methyl sites for hydroxylation is 1. The smallest absolute Gasteiger partial charge is 0.256 e. The van der Waals surface area contributed by atoms with E-state index in [2.05, 4.69) is 45.2 Å². The minimum atomic E-state index is -0.616. The number of hydrogen-bond donors (Lipinski definition) is 1. The number of primary amides is 1. The third kappa shape index (κ3) is 4.75. The Labute approximate surface area is 231 Å². The van der Waals surface area contributed by atoms with Crippen molar-refractivity contribution in [3.63, 3.8) is 0 Å². The minimum absolute atomic E-state index is 0.227. The van der Waals surface area contributed by atoms with Gasteiger partial charge in [0, 0.05) is 36.8 Å². The first-order valence-electron chi connectivity index (χ1n) is 13.2. The largest absolute Gasteiger partial charge is 0.497 e. The number of aromatic nitrogens is 6. The summed E-state index contributed by atoms with van der Waals surface area (Å²) in [6, 6.07) is 15.9. The Bertz CT molecular complexity index is 1680. The number of methoxy groups -OCH3 is 1. The van der Waals surface area contributed by atoms with Crippen molar-refractivity contribution in [2.75, 3.05) is 32.1 Å². The first kappa shape index (κ1) is 25.5. The molecule has 4 heterocycles. The highest BCUT2D eigenvalue weighted by Gasteiger charge is 2.28. The molecule has 2 N–H and O–H groups in total. The SMILES string of the molecule is COc1cc(-c2ncn(C)n2)cc(N(c2cccc(C3CCN(C)CC3)c2)c2nn3cccnc3c2C(N)=O)c1. The fourth-order valence-electron chi connectivity index (χ4n) is 5.34. The quantitative estimate of drug-likeness (QED) is 0.332. The molecule has 5 aromatic rings. The monoisotopic (exact) mass is 537 g/mol. The Kier molecular flexibility index (Phi) is 6.64. The van der Waals surface area contributed by atoms with Crippen molar-refractivity contribution in [1.29, 1.82) is 0 Å². The molecule has 0 saturated carbocycles. The second-order valence-electron chi connectivity index (χ2n) is 10.1. The van der Waals surface area contributed by atoms with Gasteiger partial charge in [-0.25, -0.2) is 14.5 Å². The molecule has 11 nitrogen and oxygen atoms in total. The Morgan fingerprint density at radius 3 is 2.58 bits per heavy atom. The molecular weight excluding hydrogens is 506 g/mol. The van der Waals surface area contributed by atoms with Crippen LogP contribution in [0, 0.1) is 0 Å². The number of rotatable bonds is 7. The molecule has 1 aliphatic heterocycles. The van der Waals surface area contributed by atoms with Crippen molar-refractivity contribution in [3.8, 4) is 17.1 Å². The second kappa shape index (κ2) is 10.4. The number of benzene rings is 2. The number of nitrogens with two attached hydrogens (primary N) is 1. The Morgan fingerprint density at radius 2 is 1.85 bits per heavy atom.